The van der Waals surface area contributed by atoms with Crippen molar-refractivity contribution >= 4 is 28.7 Å². The van der Waals surface area contributed by atoms with Gasteiger partial charge in [0.25, 0.3) is 0 Å². The van der Waals surface area contributed by atoms with E-state index in [4.69, 9.17) is 0 Å². The van der Waals surface area contributed by atoms with Crippen LogP contribution in [0.4, 0.5) is 0 Å². The molecule has 2 amide bonds. The van der Waals surface area contributed by atoms with Gasteiger partial charge in [0, 0.05) is 27.1 Å². The molecule has 0 saturated carbocycles. The summed E-state index contributed by atoms with van der Waals surface area (Å²) in [5.74, 6) is -0.101. The molecule has 5 nitrogen and oxygen atoms in total. The molecular weight excluding hydrogens is 238 g/mol. The number of rotatable bonds is 5. The predicted molar refractivity (Wildman–Crippen MR) is 70.0 cm³/mol. The second-order valence-corrected chi connectivity index (χ2v) is 5.09. The van der Waals surface area contributed by atoms with Crippen LogP contribution in [0, 0.1) is 0 Å². The van der Waals surface area contributed by atoms with Gasteiger partial charge >= 0.3 is 0 Å². The van der Waals surface area contributed by atoms with E-state index >= 15 is 0 Å². The third kappa shape index (κ3) is 3.73. The Morgan fingerprint density at radius 2 is 2.29 bits per heavy atom. The van der Waals surface area contributed by atoms with Crippen molar-refractivity contribution in [3.05, 3.63) is 0 Å². The first kappa shape index (κ1) is 14.0. The zero-order valence-electron chi connectivity index (χ0n) is 10.5. The number of hydrogen-bond donors (Lipinski definition) is 1. The molecule has 0 aromatic rings. The molecule has 17 heavy (non-hydrogen) atoms. The molecule has 0 bridgehead atoms. The number of nitrogens with zero attached hydrogens (tertiary/aromatic N) is 2. The number of nitrogens with one attached hydrogen (secondary N) is 1. The number of unbranched alkanes of at least 4 members (excludes halogenated alkanes) is 1. The van der Waals surface area contributed by atoms with E-state index in [2.05, 4.69) is 17.2 Å². The summed E-state index contributed by atoms with van der Waals surface area (Å²) in [4.78, 5) is 28.9. The number of hydrogen-bond acceptors (Lipinski definition) is 4. The number of aliphatic imine (C=N–C) groups is 1. The zero-order chi connectivity index (χ0) is 12.8. The number of amidine groups is 1. The Hall–Kier alpha value is -1.04. The van der Waals surface area contributed by atoms with E-state index in [0.717, 1.165) is 12.8 Å². The standard InChI is InChI=1S/C11H19N3O2S/c1-4-5-6-13-9(15)7-8-10(16)14(3)11(12-2)17-8/h8H,4-7H2,1-3H3,(H,13,15)/t8-/m1/s1. The maximum absolute atomic E-state index is 11.8. The van der Waals surface area contributed by atoms with Gasteiger partial charge in [0.15, 0.2) is 5.17 Å². The Balaban J connectivity index is 2.42. The molecule has 1 saturated heterocycles. The van der Waals surface area contributed by atoms with Crippen molar-refractivity contribution in [2.45, 2.75) is 31.4 Å². The summed E-state index contributed by atoms with van der Waals surface area (Å²) >= 11 is 1.36. The highest BCUT2D eigenvalue weighted by Gasteiger charge is 2.36. The topological polar surface area (TPSA) is 61.8 Å². The van der Waals surface area contributed by atoms with Gasteiger partial charge in [-0.25, -0.2) is 0 Å². The molecule has 1 aliphatic rings. The lowest BCUT2D eigenvalue weighted by Crippen LogP contribution is -2.32. The first-order chi connectivity index (χ1) is 8.10. The van der Waals surface area contributed by atoms with E-state index < -0.39 is 0 Å². The van der Waals surface area contributed by atoms with Gasteiger partial charge in [-0.2, -0.15) is 0 Å². The molecule has 1 rings (SSSR count). The summed E-state index contributed by atoms with van der Waals surface area (Å²) in [6.45, 7) is 2.76. The van der Waals surface area contributed by atoms with Crippen LogP contribution in [-0.4, -0.2) is 47.8 Å². The maximum Gasteiger partial charge on any atom is 0.242 e. The normalized spacial score (nSPS) is 22.3. The molecular formula is C11H19N3O2S. The van der Waals surface area contributed by atoms with Crippen LogP contribution in [0.25, 0.3) is 0 Å². The fraction of sp³-hybridized carbons (Fsp3) is 0.727. The van der Waals surface area contributed by atoms with Crippen LogP contribution in [0.15, 0.2) is 4.99 Å². The molecule has 1 aliphatic heterocycles. The number of carbonyl (C=O) groups is 2. The Morgan fingerprint density at radius 1 is 1.59 bits per heavy atom. The number of thioether (sulfide) groups is 1. The molecule has 0 aliphatic carbocycles. The average Bonchev–Trinajstić information content (AvgIpc) is 2.57. The molecule has 1 heterocycles. The minimum atomic E-state index is -0.319. The van der Waals surface area contributed by atoms with Crippen LogP contribution in [0.2, 0.25) is 0 Å². The highest BCUT2D eigenvalue weighted by atomic mass is 32.2. The number of carbonyl (C=O) groups excluding carboxylic acids is 2. The highest BCUT2D eigenvalue weighted by Crippen LogP contribution is 2.27. The lowest BCUT2D eigenvalue weighted by molar-refractivity contribution is -0.128. The smallest absolute Gasteiger partial charge is 0.242 e. The molecule has 0 aromatic heterocycles. The van der Waals surface area contributed by atoms with Crippen molar-refractivity contribution < 1.29 is 9.59 Å². The molecule has 0 spiro atoms. The summed E-state index contributed by atoms with van der Waals surface area (Å²) in [5, 5.41) is 3.18. The van der Waals surface area contributed by atoms with Crippen LogP contribution in [-0.2, 0) is 9.59 Å². The first-order valence-electron chi connectivity index (χ1n) is 5.77. The quantitative estimate of drug-likeness (QED) is 0.743. The SMILES string of the molecule is CCCCNC(=O)C[C@H]1SC(=NC)N(C)C1=O. The fourth-order valence-electron chi connectivity index (χ4n) is 1.54. The van der Waals surface area contributed by atoms with Gasteiger partial charge in [-0.1, -0.05) is 25.1 Å². The molecule has 96 valence electrons. The van der Waals surface area contributed by atoms with Gasteiger partial charge in [-0.05, 0) is 6.42 Å². The largest absolute Gasteiger partial charge is 0.356 e. The monoisotopic (exact) mass is 257 g/mol. The molecule has 0 unspecified atom stereocenters. The molecule has 0 aromatic carbocycles. The van der Waals surface area contributed by atoms with Crippen LogP contribution in [0.3, 0.4) is 0 Å². The maximum atomic E-state index is 11.8. The van der Waals surface area contributed by atoms with Gasteiger partial charge in [-0.3, -0.25) is 19.5 Å². The summed E-state index contributed by atoms with van der Waals surface area (Å²) in [5.41, 5.74) is 0. The van der Waals surface area contributed by atoms with Crippen molar-refractivity contribution in [3.8, 4) is 0 Å². The Bertz CT molecular complexity index is 331. The van der Waals surface area contributed by atoms with Gasteiger partial charge in [0.05, 0.1) is 0 Å². The lowest BCUT2D eigenvalue weighted by Gasteiger charge is -2.08. The van der Waals surface area contributed by atoms with E-state index in [-0.39, 0.29) is 23.5 Å². The highest BCUT2D eigenvalue weighted by molar-refractivity contribution is 8.15. The molecule has 1 fully saturated rings. The van der Waals surface area contributed by atoms with Crippen molar-refractivity contribution in [1.29, 1.82) is 0 Å². The summed E-state index contributed by atoms with van der Waals surface area (Å²) < 4.78 is 0. The van der Waals surface area contributed by atoms with E-state index in [1.54, 1.807) is 14.1 Å². The molecule has 6 heteroatoms. The van der Waals surface area contributed by atoms with Crippen LogP contribution in [0.1, 0.15) is 26.2 Å². The summed E-state index contributed by atoms with van der Waals surface area (Å²) in [6, 6.07) is 0. The second-order valence-electron chi connectivity index (χ2n) is 3.92. The Labute approximate surface area is 106 Å². The third-order valence-corrected chi connectivity index (χ3v) is 3.88. The van der Waals surface area contributed by atoms with Gasteiger partial charge in [0.2, 0.25) is 11.8 Å². The summed E-state index contributed by atoms with van der Waals surface area (Å²) in [7, 11) is 3.34. The first-order valence-corrected chi connectivity index (χ1v) is 6.65. The lowest BCUT2D eigenvalue weighted by atomic mass is 10.2. The predicted octanol–water partition coefficient (Wildman–Crippen LogP) is 0.852. The van der Waals surface area contributed by atoms with Crippen LogP contribution >= 0.6 is 11.8 Å². The zero-order valence-corrected chi connectivity index (χ0v) is 11.3. The van der Waals surface area contributed by atoms with Crippen molar-refractivity contribution in [3.63, 3.8) is 0 Å². The summed E-state index contributed by atoms with van der Waals surface area (Å²) in [6.07, 6.45) is 2.25. The van der Waals surface area contributed by atoms with Crippen molar-refractivity contribution in [1.82, 2.24) is 10.2 Å². The van der Waals surface area contributed by atoms with E-state index in [1.807, 2.05) is 0 Å². The molecule has 1 atom stereocenters. The second kappa shape index (κ2) is 6.64. The minimum Gasteiger partial charge on any atom is -0.356 e. The van der Waals surface area contributed by atoms with Gasteiger partial charge in [-0.15, -0.1) is 0 Å². The molecule has 1 N–H and O–H groups in total. The number of amides is 2. The van der Waals surface area contributed by atoms with E-state index in [9.17, 15) is 9.59 Å². The minimum absolute atomic E-state index is 0.0405. The van der Waals surface area contributed by atoms with Crippen LogP contribution < -0.4 is 5.32 Å². The van der Waals surface area contributed by atoms with E-state index in [0.29, 0.717) is 11.7 Å². The Kier molecular flexibility index (Phi) is 5.47. The fourth-order valence-corrected chi connectivity index (χ4v) is 2.65. The molecule has 0 radical (unpaired) electrons. The van der Waals surface area contributed by atoms with Gasteiger partial charge < -0.3 is 5.32 Å². The van der Waals surface area contributed by atoms with Gasteiger partial charge in [0.1, 0.15) is 5.25 Å². The third-order valence-electron chi connectivity index (χ3n) is 2.56. The van der Waals surface area contributed by atoms with Crippen molar-refractivity contribution in [2.75, 3.05) is 20.6 Å². The average molecular weight is 257 g/mol. The Morgan fingerprint density at radius 3 is 2.82 bits per heavy atom. The van der Waals surface area contributed by atoms with Crippen LogP contribution in [0.5, 0.6) is 0 Å². The van der Waals surface area contributed by atoms with E-state index in [1.165, 1.54) is 16.7 Å². The van der Waals surface area contributed by atoms with Crippen molar-refractivity contribution in [2.24, 2.45) is 4.99 Å².